The summed E-state index contributed by atoms with van der Waals surface area (Å²) in [5.41, 5.74) is 0. The number of allylic oxidation sites excluding steroid dienone is 6. The minimum atomic E-state index is -0.992. The van der Waals surface area contributed by atoms with Crippen LogP contribution in [0.1, 0.15) is 2.74 Å². The van der Waals surface area contributed by atoms with Crippen molar-refractivity contribution >= 4 is 5.97 Å². The summed E-state index contributed by atoms with van der Waals surface area (Å²) in [4.78, 5) is 9.98. The molecular formula is C9H10O2. The Morgan fingerprint density at radius 2 is 1.91 bits per heavy atom. The van der Waals surface area contributed by atoms with Crippen molar-refractivity contribution in [2.45, 2.75) is 0 Å². The normalized spacial score (nSPS) is 13.8. The Kier molecular flexibility index (Phi) is 3.67. The molecule has 0 radical (unpaired) electrons. The van der Waals surface area contributed by atoms with Crippen LogP contribution in [0, 0.1) is 0 Å². The number of rotatable bonds is 4. The molecule has 1 N–H and O–H groups in total. The van der Waals surface area contributed by atoms with Crippen LogP contribution in [0.4, 0.5) is 0 Å². The van der Waals surface area contributed by atoms with Crippen molar-refractivity contribution in [1.29, 1.82) is 0 Å². The summed E-state index contributed by atoms with van der Waals surface area (Å²) in [5.74, 6) is -0.992. The van der Waals surface area contributed by atoms with Crippen LogP contribution in [0.3, 0.4) is 0 Å². The van der Waals surface area contributed by atoms with Crippen LogP contribution in [0.2, 0.25) is 0 Å². The van der Waals surface area contributed by atoms with Crippen LogP contribution in [-0.2, 0) is 4.79 Å². The largest absolute Gasteiger partial charge is 0.478 e. The summed E-state index contributed by atoms with van der Waals surface area (Å²) in [6.45, 7) is -0.272. The summed E-state index contributed by atoms with van der Waals surface area (Å²) in [5, 5.41) is 8.19. The molecule has 0 spiro atoms. The van der Waals surface area contributed by atoms with Crippen molar-refractivity contribution in [2.75, 3.05) is 0 Å². The predicted molar refractivity (Wildman–Crippen MR) is 45.3 cm³/mol. The molecule has 0 bridgehead atoms. The van der Waals surface area contributed by atoms with E-state index in [4.69, 9.17) is 7.85 Å². The first-order chi connectivity index (χ1) is 6.13. The lowest BCUT2D eigenvalue weighted by Crippen LogP contribution is -1.84. The van der Waals surface area contributed by atoms with Crippen LogP contribution in [0.25, 0.3) is 0 Å². The Bertz CT molecular complexity index is 271. The van der Waals surface area contributed by atoms with Crippen LogP contribution >= 0.6 is 0 Å². The van der Waals surface area contributed by atoms with Crippen molar-refractivity contribution in [3.63, 3.8) is 0 Å². The van der Waals surface area contributed by atoms with Crippen molar-refractivity contribution in [2.24, 2.45) is 0 Å². The Morgan fingerprint density at radius 1 is 1.27 bits per heavy atom. The molecule has 0 heterocycles. The van der Waals surface area contributed by atoms with Gasteiger partial charge >= 0.3 is 5.97 Å². The van der Waals surface area contributed by atoms with Crippen LogP contribution in [-0.4, -0.2) is 11.1 Å². The molecule has 2 nitrogen and oxygen atoms in total. The van der Waals surface area contributed by atoms with Gasteiger partial charge in [-0.15, -0.1) is 0 Å². The fraction of sp³-hybridized carbons (Fsp3) is 0. The fourth-order valence-corrected chi connectivity index (χ4v) is 0.386. The number of hydrogen-bond donors (Lipinski definition) is 1. The van der Waals surface area contributed by atoms with E-state index in [9.17, 15) is 4.79 Å². The number of hydrogen-bond acceptors (Lipinski definition) is 1. The highest BCUT2D eigenvalue weighted by molar-refractivity contribution is 5.80. The predicted octanol–water partition coefficient (Wildman–Crippen LogP) is 1.93. The van der Waals surface area contributed by atoms with E-state index in [0.717, 1.165) is 6.08 Å². The maximum atomic E-state index is 9.98. The Morgan fingerprint density at radius 3 is 2.55 bits per heavy atom. The standard InChI is InChI=1S/C9H10O2/c1-2-3-4-5-6-7-8-9(10)11/h2-8H,1H2,(H,10,11)/i1T2. The van der Waals surface area contributed by atoms with Crippen molar-refractivity contribution in [1.82, 2.24) is 0 Å². The van der Waals surface area contributed by atoms with Gasteiger partial charge in [0, 0.05) is 6.08 Å². The van der Waals surface area contributed by atoms with E-state index in [0.29, 0.717) is 0 Å². The number of aliphatic carboxylic acids is 1. The highest BCUT2D eigenvalue weighted by atomic mass is 16.4. The summed E-state index contributed by atoms with van der Waals surface area (Å²) in [7, 11) is 0. The molecule has 0 aromatic rings. The SMILES string of the molecule is [3H]C([3H])=CC=CC=CC=CC(=O)O. The van der Waals surface area contributed by atoms with Gasteiger partial charge in [0.2, 0.25) is 0 Å². The van der Waals surface area contributed by atoms with Crippen LogP contribution in [0.5, 0.6) is 0 Å². The zero-order valence-electron chi connectivity index (χ0n) is 7.90. The Hall–Kier alpha value is -1.57. The van der Waals surface area contributed by atoms with Crippen LogP contribution < -0.4 is 0 Å². The summed E-state index contributed by atoms with van der Waals surface area (Å²) in [6.07, 6.45) is 10.0. The van der Waals surface area contributed by atoms with E-state index in [1.165, 1.54) is 18.2 Å². The molecule has 58 valence electrons. The van der Waals surface area contributed by atoms with Gasteiger partial charge in [-0.25, -0.2) is 4.79 Å². The quantitative estimate of drug-likeness (QED) is 0.496. The Balaban J connectivity index is 3.82. The maximum absolute atomic E-state index is 9.98. The Labute approximate surface area is 68.7 Å². The number of carboxylic acid groups (broad SMARTS) is 1. The van der Waals surface area contributed by atoms with Crippen molar-refractivity contribution < 1.29 is 12.6 Å². The molecule has 11 heavy (non-hydrogen) atoms. The molecule has 0 amide bonds. The average Bonchev–Trinajstić information content (AvgIpc) is 2.01. The first kappa shape index (κ1) is 6.16. The molecule has 0 aliphatic carbocycles. The molecule has 0 saturated carbocycles. The average molecular weight is 154 g/mol. The first-order valence-electron chi connectivity index (χ1n) is 4.01. The highest BCUT2D eigenvalue weighted by Crippen LogP contribution is 1.80. The molecule has 2 heteroatoms. The van der Waals surface area contributed by atoms with Gasteiger partial charge in [-0.1, -0.05) is 43.0 Å². The van der Waals surface area contributed by atoms with Crippen molar-refractivity contribution in [3.05, 3.63) is 49.1 Å². The molecule has 0 atom stereocenters. The zero-order valence-corrected chi connectivity index (χ0v) is 5.90. The maximum Gasteiger partial charge on any atom is 0.328 e. The van der Waals surface area contributed by atoms with Gasteiger partial charge in [0.1, 0.15) is 0 Å². The second-order valence-electron chi connectivity index (χ2n) is 1.63. The third kappa shape index (κ3) is 8.43. The number of carbonyl (C=O) groups is 1. The van der Waals surface area contributed by atoms with Gasteiger partial charge in [0.05, 0.1) is 2.74 Å². The molecule has 0 rings (SSSR count). The van der Waals surface area contributed by atoms with Gasteiger partial charge in [-0.3, -0.25) is 0 Å². The van der Waals surface area contributed by atoms with Gasteiger partial charge < -0.3 is 5.11 Å². The molecule has 0 fully saturated rings. The fourth-order valence-electron chi connectivity index (χ4n) is 0.386. The van der Waals surface area contributed by atoms with Gasteiger partial charge in [0.25, 0.3) is 0 Å². The van der Waals surface area contributed by atoms with Gasteiger partial charge in [-0.2, -0.15) is 0 Å². The van der Waals surface area contributed by atoms with E-state index in [1.807, 2.05) is 0 Å². The molecule has 0 saturated heterocycles. The second kappa shape index (κ2) is 6.55. The lowest BCUT2D eigenvalue weighted by Gasteiger charge is -1.74. The lowest BCUT2D eigenvalue weighted by molar-refractivity contribution is -0.131. The summed E-state index contributed by atoms with van der Waals surface area (Å²) in [6, 6.07) is 0. The minimum Gasteiger partial charge on any atom is -0.478 e. The third-order valence-electron chi connectivity index (χ3n) is 0.779. The molecule has 0 unspecified atom stereocenters. The van der Waals surface area contributed by atoms with E-state index in [-0.39, 0.29) is 6.53 Å². The highest BCUT2D eigenvalue weighted by Gasteiger charge is 1.78. The number of carboxylic acids is 1. The summed E-state index contributed by atoms with van der Waals surface area (Å²) < 4.78 is 13.4. The zero-order chi connectivity index (χ0) is 10.1. The molecule has 0 aromatic carbocycles. The van der Waals surface area contributed by atoms with E-state index < -0.39 is 5.97 Å². The smallest absolute Gasteiger partial charge is 0.328 e. The van der Waals surface area contributed by atoms with Gasteiger partial charge in [0.15, 0.2) is 0 Å². The van der Waals surface area contributed by atoms with Crippen LogP contribution in [0.15, 0.2) is 49.1 Å². The van der Waals surface area contributed by atoms with E-state index in [2.05, 4.69) is 0 Å². The molecule has 0 aliphatic rings. The monoisotopic (exact) mass is 154 g/mol. The first-order valence-corrected chi connectivity index (χ1v) is 3.01. The van der Waals surface area contributed by atoms with Gasteiger partial charge in [-0.05, 0) is 0 Å². The van der Waals surface area contributed by atoms with Crippen molar-refractivity contribution in [3.8, 4) is 0 Å². The summed E-state index contributed by atoms with van der Waals surface area (Å²) >= 11 is 0. The molecule has 0 aromatic heterocycles. The van der Waals surface area contributed by atoms with E-state index in [1.54, 1.807) is 18.2 Å². The van der Waals surface area contributed by atoms with E-state index >= 15 is 0 Å². The molecule has 0 aliphatic heterocycles. The topological polar surface area (TPSA) is 37.3 Å². The lowest BCUT2D eigenvalue weighted by atomic mass is 10.4. The second-order valence-corrected chi connectivity index (χ2v) is 1.63. The minimum absolute atomic E-state index is 0.272. The molecular weight excluding hydrogens is 140 g/mol. The third-order valence-corrected chi connectivity index (χ3v) is 0.779.